The SMILES string of the molecule is CSCC(SC)C(C)=O. The molecule has 0 aromatic rings. The topological polar surface area (TPSA) is 17.1 Å². The minimum absolute atomic E-state index is 0.208. The van der Waals surface area contributed by atoms with Crippen molar-refractivity contribution in [2.24, 2.45) is 0 Å². The molecule has 0 aromatic carbocycles. The van der Waals surface area contributed by atoms with E-state index < -0.39 is 0 Å². The summed E-state index contributed by atoms with van der Waals surface area (Å²) in [6.45, 7) is 1.65. The van der Waals surface area contributed by atoms with Crippen LogP contribution < -0.4 is 0 Å². The molecule has 0 aromatic heterocycles. The lowest BCUT2D eigenvalue weighted by molar-refractivity contribution is -0.116. The molecule has 0 fully saturated rings. The first-order valence-corrected chi connectivity index (χ1v) is 5.42. The van der Waals surface area contributed by atoms with Gasteiger partial charge in [-0.15, -0.1) is 0 Å². The van der Waals surface area contributed by atoms with Gasteiger partial charge in [-0.25, -0.2) is 0 Å². The molecule has 9 heavy (non-hydrogen) atoms. The van der Waals surface area contributed by atoms with Crippen molar-refractivity contribution in [1.82, 2.24) is 0 Å². The molecule has 3 heteroatoms. The first-order chi connectivity index (χ1) is 4.22. The number of Topliss-reactive ketones (excluding diaryl/α,β-unsaturated/α-hetero) is 1. The van der Waals surface area contributed by atoms with Crippen molar-refractivity contribution in [2.75, 3.05) is 18.3 Å². The fourth-order valence-corrected chi connectivity index (χ4v) is 2.32. The number of hydrogen-bond acceptors (Lipinski definition) is 3. The van der Waals surface area contributed by atoms with E-state index in [1.165, 1.54) is 0 Å². The lowest BCUT2D eigenvalue weighted by Gasteiger charge is -2.06. The van der Waals surface area contributed by atoms with Crippen LogP contribution in [-0.2, 0) is 4.79 Å². The minimum atomic E-state index is 0.208. The van der Waals surface area contributed by atoms with Crippen LogP contribution in [-0.4, -0.2) is 29.3 Å². The largest absolute Gasteiger partial charge is 0.299 e. The second-order valence-corrected chi connectivity index (χ2v) is 3.74. The van der Waals surface area contributed by atoms with Crippen LogP contribution in [0.25, 0.3) is 0 Å². The van der Waals surface area contributed by atoms with E-state index >= 15 is 0 Å². The highest BCUT2D eigenvalue weighted by atomic mass is 32.2. The first kappa shape index (κ1) is 9.37. The van der Waals surface area contributed by atoms with Crippen molar-refractivity contribution in [1.29, 1.82) is 0 Å². The molecule has 0 N–H and O–H groups in total. The van der Waals surface area contributed by atoms with Crippen LogP contribution in [0.3, 0.4) is 0 Å². The molecule has 0 aliphatic heterocycles. The van der Waals surface area contributed by atoms with E-state index in [1.54, 1.807) is 30.4 Å². The summed E-state index contributed by atoms with van der Waals surface area (Å²) in [5.74, 6) is 1.23. The molecule has 1 atom stereocenters. The van der Waals surface area contributed by atoms with Crippen molar-refractivity contribution in [3.63, 3.8) is 0 Å². The van der Waals surface area contributed by atoms with E-state index in [4.69, 9.17) is 0 Å². The fourth-order valence-electron chi connectivity index (χ4n) is 0.503. The molecule has 1 unspecified atom stereocenters. The third kappa shape index (κ3) is 3.87. The molecule has 0 heterocycles. The van der Waals surface area contributed by atoms with E-state index in [9.17, 15) is 4.79 Å². The minimum Gasteiger partial charge on any atom is -0.299 e. The van der Waals surface area contributed by atoms with Crippen LogP contribution in [0.4, 0.5) is 0 Å². The Morgan fingerprint density at radius 2 is 2.11 bits per heavy atom. The Hall–Kier alpha value is 0.370. The lowest BCUT2D eigenvalue weighted by atomic mass is 10.3. The van der Waals surface area contributed by atoms with Crippen LogP contribution in [0, 0.1) is 0 Å². The van der Waals surface area contributed by atoms with Gasteiger partial charge in [0.1, 0.15) is 5.78 Å². The van der Waals surface area contributed by atoms with E-state index in [-0.39, 0.29) is 11.0 Å². The first-order valence-electron chi connectivity index (χ1n) is 2.74. The summed E-state index contributed by atoms with van der Waals surface area (Å²) in [6.07, 6.45) is 3.99. The predicted octanol–water partition coefficient (Wildman–Crippen LogP) is 1.67. The van der Waals surface area contributed by atoms with Gasteiger partial charge >= 0.3 is 0 Å². The van der Waals surface area contributed by atoms with Gasteiger partial charge < -0.3 is 0 Å². The van der Waals surface area contributed by atoms with Crippen molar-refractivity contribution >= 4 is 29.3 Å². The lowest BCUT2D eigenvalue weighted by Crippen LogP contribution is -2.15. The molecule has 0 aliphatic rings. The van der Waals surface area contributed by atoms with Crippen LogP contribution in [0.1, 0.15) is 6.92 Å². The number of thioether (sulfide) groups is 2. The summed E-state index contributed by atoms with van der Waals surface area (Å²) >= 11 is 3.35. The summed E-state index contributed by atoms with van der Waals surface area (Å²) in [7, 11) is 0. The summed E-state index contributed by atoms with van der Waals surface area (Å²) in [6, 6.07) is 0. The molecule has 0 aliphatic carbocycles. The maximum atomic E-state index is 10.7. The molecule has 0 amide bonds. The van der Waals surface area contributed by atoms with E-state index in [0.29, 0.717) is 0 Å². The van der Waals surface area contributed by atoms with Crippen LogP contribution >= 0.6 is 23.5 Å². The zero-order chi connectivity index (χ0) is 7.28. The number of hydrogen-bond donors (Lipinski definition) is 0. The number of rotatable bonds is 4. The average Bonchev–Trinajstić information content (AvgIpc) is 1.82. The molecule has 0 radical (unpaired) electrons. The Bertz CT molecular complexity index is 93.1. The van der Waals surface area contributed by atoms with Gasteiger partial charge in [0, 0.05) is 5.75 Å². The van der Waals surface area contributed by atoms with Crippen molar-refractivity contribution in [3.05, 3.63) is 0 Å². The van der Waals surface area contributed by atoms with Gasteiger partial charge in [0.2, 0.25) is 0 Å². The smallest absolute Gasteiger partial charge is 0.143 e. The van der Waals surface area contributed by atoms with Crippen LogP contribution in [0.15, 0.2) is 0 Å². The van der Waals surface area contributed by atoms with E-state index in [1.807, 2.05) is 12.5 Å². The molecule has 0 rings (SSSR count). The monoisotopic (exact) mass is 164 g/mol. The summed E-state index contributed by atoms with van der Waals surface area (Å²) in [4.78, 5) is 10.7. The third-order valence-electron chi connectivity index (χ3n) is 1.06. The van der Waals surface area contributed by atoms with Gasteiger partial charge in [0.25, 0.3) is 0 Å². The second-order valence-electron chi connectivity index (χ2n) is 1.79. The molecule has 0 saturated carbocycles. The van der Waals surface area contributed by atoms with Crippen molar-refractivity contribution < 1.29 is 4.79 Å². The van der Waals surface area contributed by atoms with E-state index in [2.05, 4.69) is 0 Å². The second kappa shape index (κ2) is 5.18. The number of carbonyl (C=O) groups excluding carboxylic acids is 1. The average molecular weight is 164 g/mol. The number of carbonyl (C=O) groups is 1. The number of ketones is 1. The predicted molar refractivity (Wildman–Crippen MR) is 46.4 cm³/mol. The molecule has 0 saturated heterocycles. The zero-order valence-electron chi connectivity index (χ0n) is 6.01. The highest BCUT2D eigenvalue weighted by Gasteiger charge is 2.09. The van der Waals surface area contributed by atoms with Crippen LogP contribution in [0.2, 0.25) is 0 Å². The molecule has 0 bridgehead atoms. The normalized spacial score (nSPS) is 13.2. The molecular formula is C6H12OS2. The zero-order valence-corrected chi connectivity index (χ0v) is 7.64. The van der Waals surface area contributed by atoms with Crippen LogP contribution in [0.5, 0.6) is 0 Å². The molecular weight excluding hydrogens is 152 g/mol. The standard InChI is InChI=1S/C6H12OS2/c1-5(7)6(9-3)4-8-2/h6H,4H2,1-3H3. The van der Waals surface area contributed by atoms with Gasteiger partial charge in [-0.1, -0.05) is 0 Å². The van der Waals surface area contributed by atoms with Gasteiger partial charge in [-0.05, 0) is 19.4 Å². The summed E-state index contributed by atoms with van der Waals surface area (Å²) < 4.78 is 0. The highest BCUT2D eigenvalue weighted by molar-refractivity contribution is 8.03. The van der Waals surface area contributed by atoms with Gasteiger partial charge in [-0.3, -0.25) is 4.79 Å². The van der Waals surface area contributed by atoms with Gasteiger partial charge in [0.15, 0.2) is 0 Å². The fraction of sp³-hybridized carbons (Fsp3) is 0.833. The van der Waals surface area contributed by atoms with Gasteiger partial charge in [0.05, 0.1) is 5.25 Å². The van der Waals surface area contributed by atoms with Crippen molar-refractivity contribution in [3.8, 4) is 0 Å². The highest BCUT2D eigenvalue weighted by Crippen LogP contribution is 2.12. The van der Waals surface area contributed by atoms with E-state index in [0.717, 1.165) is 5.75 Å². The van der Waals surface area contributed by atoms with Crippen molar-refractivity contribution in [2.45, 2.75) is 12.2 Å². The van der Waals surface area contributed by atoms with Gasteiger partial charge in [-0.2, -0.15) is 23.5 Å². The Kier molecular flexibility index (Phi) is 5.39. The molecule has 0 spiro atoms. The Balaban J connectivity index is 3.54. The summed E-state index contributed by atoms with van der Waals surface area (Å²) in [5.41, 5.74) is 0. The Morgan fingerprint density at radius 1 is 1.56 bits per heavy atom. The Labute approximate surface area is 65.0 Å². The third-order valence-corrected chi connectivity index (χ3v) is 3.00. The molecule has 54 valence electrons. The quantitative estimate of drug-likeness (QED) is 0.629. The maximum Gasteiger partial charge on any atom is 0.143 e. The maximum absolute atomic E-state index is 10.7. The summed E-state index contributed by atoms with van der Waals surface area (Å²) in [5, 5.41) is 0.208. The Morgan fingerprint density at radius 3 is 2.22 bits per heavy atom. The molecule has 1 nitrogen and oxygen atoms in total.